The van der Waals surface area contributed by atoms with Crippen LogP contribution in [-0.2, 0) is 0 Å². The predicted molar refractivity (Wildman–Crippen MR) is 42.1 cm³/mol. The van der Waals surface area contributed by atoms with Gasteiger partial charge in [0.2, 0.25) is 0 Å². The van der Waals surface area contributed by atoms with Crippen LogP contribution >= 0.6 is 0 Å². The molecule has 0 saturated heterocycles. The zero-order valence-electron chi connectivity index (χ0n) is 6.22. The van der Waals surface area contributed by atoms with E-state index in [1.54, 1.807) is 0 Å². The SMILES string of the molecule is C#CC(N)c1cccc(F)c1F. The summed E-state index contributed by atoms with van der Waals surface area (Å²) in [6.07, 6.45) is 4.96. The maximum Gasteiger partial charge on any atom is 0.164 e. The minimum atomic E-state index is -0.969. The fraction of sp³-hybridized carbons (Fsp3) is 0.111. The third kappa shape index (κ3) is 1.44. The van der Waals surface area contributed by atoms with Gasteiger partial charge >= 0.3 is 0 Å². The maximum atomic E-state index is 12.9. The topological polar surface area (TPSA) is 26.0 Å². The lowest BCUT2D eigenvalue weighted by atomic mass is 10.1. The summed E-state index contributed by atoms with van der Waals surface area (Å²) < 4.78 is 25.5. The molecule has 12 heavy (non-hydrogen) atoms. The van der Waals surface area contributed by atoms with Crippen LogP contribution in [-0.4, -0.2) is 0 Å². The lowest BCUT2D eigenvalue weighted by Crippen LogP contribution is -2.10. The Kier molecular flexibility index (Phi) is 2.41. The van der Waals surface area contributed by atoms with Gasteiger partial charge in [-0.1, -0.05) is 18.1 Å². The van der Waals surface area contributed by atoms with Gasteiger partial charge in [-0.15, -0.1) is 6.42 Å². The lowest BCUT2D eigenvalue weighted by molar-refractivity contribution is 0.496. The van der Waals surface area contributed by atoms with E-state index in [0.717, 1.165) is 6.07 Å². The molecule has 62 valence electrons. The van der Waals surface area contributed by atoms with Crippen molar-refractivity contribution in [2.24, 2.45) is 5.73 Å². The summed E-state index contributed by atoms with van der Waals surface area (Å²) in [6.45, 7) is 0. The number of hydrogen-bond acceptors (Lipinski definition) is 1. The van der Waals surface area contributed by atoms with Crippen molar-refractivity contribution in [3.8, 4) is 12.3 Å². The molecule has 1 aromatic carbocycles. The van der Waals surface area contributed by atoms with Crippen LogP contribution in [0.2, 0.25) is 0 Å². The zero-order chi connectivity index (χ0) is 9.14. The van der Waals surface area contributed by atoms with Gasteiger partial charge < -0.3 is 5.73 Å². The molecule has 1 rings (SSSR count). The van der Waals surface area contributed by atoms with E-state index >= 15 is 0 Å². The fourth-order valence-corrected chi connectivity index (χ4v) is 0.850. The van der Waals surface area contributed by atoms with Crippen LogP contribution in [0.25, 0.3) is 0 Å². The van der Waals surface area contributed by atoms with E-state index in [1.165, 1.54) is 12.1 Å². The van der Waals surface area contributed by atoms with Gasteiger partial charge in [0.05, 0.1) is 6.04 Å². The van der Waals surface area contributed by atoms with Crippen molar-refractivity contribution in [1.82, 2.24) is 0 Å². The third-order valence-electron chi connectivity index (χ3n) is 1.50. The first-order chi connectivity index (χ1) is 5.66. The highest BCUT2D eigenvalue weighted by Gasteiger charge is 2.11. The van der Waals surface area contributed by atoms with Crippen LogP contribution in [0.4, 0.5) is 8.78 Å². The van der Waals surface area contributed by atoms with Crippen LogP contribution < -0.4 is 5.73 Å². The minimum absolute atomic E-state index is 0.0116. The summed E-state index contributed by atoms with van der Waals surface area (Å²) in [6, 6.07) is 2.86. The quantitative estimate of drug-likeness (QED) is 0.631. The van der Waals surface area contributed by atoms with E-state index in [1.807, 2.05) is 0 Å². The van der Waals surface area contributed by atoms with Gasteiger partial charge in [-0.05, 0) is 6.07 Å². The average Bonchev–Trinajstić information content (AvgIpc) is 2.08. The van der Waals surface area contributed by atoms with Crippen LogP contribution in [0.1, 0.15) is 11.6 Å². The number of nitrogens with two attached hydrogens (primary N) is 1. The van der Waals surface area contributed by atoms with Crippen LogP contribution in [0, 0.1) is 24.0 Å². The van der Waals surface area contributed by atoms with Gasteiger partial charge in [-0.3, -0.25) is 0 Å². The molecule has 0 fully saturated rings. The molecule has 0 amide bonds. The van der Waals surface area contributed by atoms with Gasteiger partial charge in [-0.2, -0.15) is 0 Å². The van der Waals surface area contributed by atoms with Crippen LogP contribution in [0.15, 0.2) is 18.2 Å². The number of benzene rings is 1. The number of rotatable bonds is 1. The van der Waals surface area contributed by atoms with Crippen molar-refractivity contribution in [3.63, 3.8) is 0 Å². The molecule has 1 unspecified atom stereocenters. The second-order valence-corrected chi connectivity index (χ2v) is 2.29. The first-order valence-electron chi connectivity index (χ1n) is 3.32. The molecule has 0 spiro atoms. The number of terminal acetylenes is 1. The standard InChI is InChI=1S/C9H7F2N/c1-2-8(12)6-4-3-5-7(10)9(6)11/h1,3-5,8H,12H2. The van der Waals surface area contributed by atoms with E-state index in [2.05, 4.69) is 5.92 Å². The minimum Gasteiger partial charge on any atom is -0.314 e. The monoisotopic (exact) mass is 167 g/mol. The molecule has 0 radical (unpaired) electrons. The molecule has 1 atom stereocenters. The second-order valence-electron chi connectivity index (χ2n) is 2.29. The smallest absolute Gasteiger partial charge is 0.164 e. The Hall–Kier alpha value is -1.40. The normalized spacial score (nSPS) is 12.2. The van der Waals surface area contributed by atoms with E-state index in [-0.39, 0.29) is 5.56 Å². The summed E-state index contributed by atoms with van der Waals surface area (Å²) in [5.74, 6) is 0.219. The van der Waals surface area contributed by atoms with E-state index in [4.69, 9.17) is 12.2 Å². The molecule has 3 heteroatoms. The van der Waals surface area contributed by atoms with Crippen molar-refractivity contribution >= 4 is 0 Å². The van der Waals surface area contributed by atoms with Crippen LogP contribution in [0.3, 0.4) is 0 Å². The van der Waals surface area contributed by atoms with E-state index in [9.17, 15) is 8.78 Å². The summed E-state index contributed by atoms with van der Waals surface area (Å²) in [5, 5.41) is 0. The molecule has 0 heterocycles. The lowest BCUT2D eigenvalue weighted by Gasteiger charge is -2.05. The number of halogens is 2. The molecule has 2 N–H and O–H groups in total. The predicted octanol–water partition coefficient (Wildman–Crippen LogP) is 1.60. The van der Waals surface area contributed by atoms with Crippen molar-refractivity contribution in [2.75, 3.05) is 0 Å². The van der Waals surface area contributed by atoms with E-state index < -0.39 is 17.7 Å². The maximum absolute atomic E-state index is 12.9. The molecule has 0 aromatic heterocycles. The summed E-state index contributed by atoms with van der Waals surface area (Å²) in [4.78, 5) is 0. The Bertz CT molecular complexity index is 328. The third-order valence-corrected chi connectivity index (χ3v) is 1.50. The molecule has 0 bridgehead atoms. The highest BCUT2D eigenvalue weighted by atomic mass is 19.2. The first-order valence-corrected chi connectivity index (χ1v) is 3.32. The Morgan fingerprint density at radius 1 is 1.42 bits per heavy atom. The molecular weight excluding hydrogens is 160 g/mol. The van der Waals surface area contributed by atoms with Gasteiger partial charge in [0, 0.05) is 5.56 Å². The Morgan fingerprint density at radius 3 is 2.67 bits per heavy atom. The van der Waals surface area contributed by atoms with Gasteiger partial charge in [-0.25, -0.2) is 8.78 Å². The summed E-state index contributed by atoms with van der Waals surface area (Å²) in [5.41, 5.74) is 5.33. The molecule has 0 aliphatic heterocycles. The van der Waals surface area contributed by atoms with E-state index in [0.29, 0.717) is 0 Å². The Balaban J connectivity index is 3.18. The molecule has 0 aliphatic carbocycles. The van der Waals surface area contributed by atoms with Crippen molar-refractivity contribution in [2.45, 2.75) is 6.04 Å². The van der Waals surface area contributed by atoms with Gasteiger partial charge in [0.25, 0.3) is 0 Å². The highest BCUT2D eigenvalue weighted by molar-refractivity contribution is 5.27. The highest BCUT2D eigenvalue weighted by Crippen LogP contribution is 2.16. The summed E-state index contributed by atoms with van der Waals surface area (Å²) >= 11 is 0. The molecule has 1 aromatic rings. The average molecular weight is 167 g/mol. The largest absolute Gasteiger partial charge is 0.314 e. The van der Waals surface area contributed by atoms with Crippen molar-refractivity contribution in [3.05, 3.63) is 35.4 Å². The molecule has 1 nitrogen and oxygen atoms in total. The van der Waals surface area contributed by atoms with Crippen molar-refractivity contribution < 1.29 is 8.78 Å². The summed E-state index contributed by atoms with van der Waals surface area (Å²) in [7, 11) is 0. The van der Waals surface area contributed by atoms with Crippen molar-refractivity contribution in [1.29, 1.82) is 0 Å². The Morgan fingerprint density at radius 2 is 2.08 bits per heavy atom. The fourth-order valence-electron chi connectivity index (χ4n) is 0.850. The zero-order valence-corrected chi connectivity index (χ0v) is 6.22. The molecule has 0 saturated carbocycles. The molecule has 0 aliphatic rings. The first kappa shape index (κ1) is 8.69. The number of hydrogen-bond donors (Lipinski definition) is 1. The van der Waals surface area contributed by atoms with Crippen LogP contribution in [0.5, 0.6) is 0 Å². The molecular formula is C9H7F2N. The second kappa shape index (κ2) is 3.33. The Labute approximate surface area is 69.2 Å². The van der Waals surface area contributed by atoms with Gasteiger partial charge in [0.1, 0.15) is 0 Å². The van der Waals surface area contributed by atoms with Gasteiger partial charge in [0.15, 0.2) is 11.6 Å².